The number of rotatable bonds is 5. The number of H-pyrrole nitrogens is 1. The van der Waals surface area contributed by atoms with Gasteiger partial charge in [0.1, 0.15) is 5.75 Å². The highest BCUT2D eigenvalue weighted by Gasteiger charge is 2.14. The van der Waals surface area contributed by atoms with Crippen molar-refractivity contribution in [1.82, 2.24) is 19.7 Å². The third kappa shape index (κ3) is 4.04. The van der Waals surface area contributed by atoms with Crippen molar-refractivity contribution in [2.24, 2.45) is 0 Å². The number of ether oxygens (including phenoxy) is 1. The van der Waals surface area contributed by atoms with Gasteiger partial charge in [0.2, 0.25) is 5.82 Å². The molecule has 0 aliphatic rings. The molecule has 0 unspecified atom stereocenters. The fraction of sp³-hybridized carbons (Fsp3) is 0.0833. The third-order valence-corrected chi connectivity index (χ3v) is 5.45. The highest BCUT2D eigenvalue weighted by Crippen LogP contribution is 2.25. The maximum absolute atomic E-state index is 13.0. The van der Waals surface area contributed by atoms with E-state index in [1.54, 1.807) is 55.6 Å². The van der Waals surface area contributed by atoms with Gasteiger partial charge in [-0.2, -0.15) is 4.98 Å². The van der Waals surface area contributed by atoms with Crippen LogP contribution in [0.1, 0.15) is 5.56 Å². The van der Waals surface area contributed by atoms with E-state index in [0.29, 0.717) is 38.6 Å². The van der Waals surface area contributed by atoms with Crippen LogP contribution in [-0.2, 0) is 6.54 Å². The third-order valence-electron chi connectivity index (χ3n) is 5.21. The summed E-state index contributed by atoms with van der Waals surface area (Å²) in [5, 5.41) is 4.93. The largest absolute Gasteiger partial charge is 0.497 e. The van der Waals surface area contributed by atoms with Gasteiger partial charge in [-0.05, 0) is 48.0 Å². The number of halogens is 1. The number of hydrogen-bond donors (Lipinski definition) is 1. The molecule has 2 heterocycles. The average molecular weight is 461 g/mol. The standard InChI is InChI=1S/C24H17ClN4O4/c1-32-18-7-2-4-14(10-18)13-29-23(30)19-9-8-16(12-20(19)26-24(29)31)22-27-21(28-33-22)15-5-3-6-17(25)11-15/h2-12H,13H2,1H3,(H,26,31). The smallest absolute Gasteiger partial charge is 0.329 e. The van der Waals surface area contributed by atoms with E-state index in [9.17, 15) is 9.59 Å². The van der Waals surface area contributed by atoms with Crippen LogP contribution in [0.25, 0.3) is 33.7 Å². The van der Waals surface area contributed by atoms with Crippen molar-refractivity contribution >= 4 is 22.5 Å². The predicted octanol–water partition coefficient (Wildman–Crippen LogP) is 4.12. The minimum absolute atomic E-state index is 0.121. The molecule has 0 aliphatic heterocycles. The van der Waals surface area contributed by atoms with Crippen molar-refractivity contribution in [2.45, 2.75) is 6.54 Å². The van der Waals surface area contributed by atoms with Gasteiger partial charge in [-0.15, -0.1) is 0 Å². The molecule has 8 nitrogen and oxygen atoms in total. The Bertz CT molecular complexity index is 1600. The molecule has 0 saturated carbocycles. The lowest BCUT2D eigenvalue weighted by atomic mass is 10.1. The van der Waals surface area contributed by atoms with Crippen LogP contribution >= 0.6 is 11.6 Å². The first kappa shape index (κ1) is 20.7. The number of nitrogens with zero attached hydrogens (tertiary/aromatic N) is 3. The van der Waals surface area contributed by atoms with Gasteiger partial charge in [-0.1, -0.05) is 41.0 Å². The number of fused-ring (bicyclic) bond motifs is 1. The van der Waals surface area contributed by atoms with Crippen LogP contribution < -0.4 is 16.0 Å². The number of hydrogen-bond acceptors (Lipinski definition) is 6. The summed E-state index contributed by atoms with van der Waals surface area (Å²) in [6.07, 6.45) is 0. The summed E-state index contributed by atoms with van der Waals surface area (Å²) < 4.78 is 11.8. The summed E-state index contributed by atoms with van der Waals surface area (Å²) in [6, 6.07) is 19.3. The van der Waals surface area contributed by atoms with E-state index in [2.05, 4.69) is 15.1 Å². The zero-order valence-electron chi connectivity index (χ0n) is 17.4. The lowest BCUT2D eigenvalue weighted by molar-refractivity contribution is 0.414. The minimum atomic E-state index is -0.516. The fourth-order valence-corrected chi connectivity index (χ4v) is 3.76. The molecular weight excluding hydrogens is 444 g/mol. The average Bonchev–Trinajstić information content (AvgIpc) is 3.32. The van der Waals surface area contributed by atoms with Gasteiger partial charge in [-0.3, -0.25) is 9.36 Å². The van der Waals surface area contributed by atoms with E-state index in [1.165, 1.54) is 0 Å². The first-order valence-corrected chi connectivity index (χ1v) is 10.4. The van der Waals surface area contributed by atoms with E-state index < -0.39 is 11.2 Å². The molecule has 3 aromatic carbocycles. The van der Waals surface area contributed by atoms with Gasteiger partial charge in [0.25, 0.3) is 11.4 Å². The van der Waals surface area contributed by atoms with Crippen molar-refractivity contribution in [3.8, 4) is 28.6 Å². The molecule has 5 aromatic rings. The van der Waals surface area contributed by atoms with Gasteiger partial charge in [0.05, 0.1) is 24.6 Å². The van der Waals surface area contributed by atoms with Crippen molar-refractivity contribution < 1.29 is 9.26 Å². The zero-order valence-corrected chi connectivity index (χ0v) is 18.2. The van der Waals surface area contributed by atoms with Crippen molar-refractivity contribution in [3.05, 3.63) is 98.2 Å². The van der Waals surface area contributed by atoms with Crippen LogP contribution in [-0.4, -0.2) is 26.8 Å². The summed E-state index contributed by atoms with van der Waals surface area (Å²) in [5.74, 6) is 1.29. The second-order valence-electron chi connectivity index (χ2n) is 7.37. The highest BCUT2D eigenvalue weighted by molar-refractivity contribution is 6.30. The summed E-state index contributed by atoms with van der Waals surface area (Å²) in [4.78, 5) is 32.9. The summed E-state index contributed by atoms with van der Waals surface area (Å²) >= 11 is 6.03. The van der Waals surface area contributed by atoms with Crippen LogP contribution in [0.3, 0.4) is 0 Å². The number of aromatic amines is 1. The summed E-state index contributed by atoms with van der Waals surface area (Å²) in [7, 11) is 1.56. The minimum Gasteiger partial charge on any atom is -0.497 e. The van der Waals surface area contributed by atoms with Crippen LogP contribution in [0.2, 0.25) is 5.02 Å². The Labute approximate surface area is 192 Å². The van der Waals surface area contributed by atoms with Gasteiger partial charge in [-0.25, -0.2) is 4.79 Å². The lowest BCUT2D eigenvalue weighted by Crippen LogP contribution is -2.35. The molecule has 0 amide bonds. The monoisotopic (exact) mass is 460 g/mol. The van der Waals surface area contributed by atoms with Crippen molar-refractivity contribution in [3.63, 3.8) is 0 Å². The number of methoxy groups -OCH3 is 1. The molecule has 2 aromatic heterocycles. The van der Waals surface area contributed by atoms with E-state index >= 15 is 0 Å². The maximum atomic E-state index is 13.0. The molecule has 5 rings (SSSR count). The van der Waals surface area contributed by atoms with Crippen LogP contribution in [0.5, 0.6) is 5.75 Å². The van der Waals surface area contributed by atoms with Gasteiger partial charge < -0.3 is 14.2 Å². The molecule has 0 aliphatic carbocycles. The molecule has 1 N–H and O–H groups in total. The molecular formula is C24H17ClN4O4. The number of aromatic nitrogens is 4. The molecule has 0 atom stereocenters. The normalized spacial score (nSPS) is 11.1. The van der Waals surface area contributed by atoms with E-state index in [1.807, 2.05) is 18.2 Å². The van der Waals surface area contributed by atoms with Crippen molar-refractivity contribution in [2.75, 3.05) is 7.11 Å². The zero-order chi connectivity index (χ0) is 22.9. The molecule has 164 valence electrons. The SMILES string of the molecule is COc1cccc(Cn2c(=O)[nH]c3cc(-c4nc(-c5cccc(Cl)c5)no4)ccc3c2=O)c1. The molecule has 9 heteroatoms. The molecule has 0 bridgehead atoms. The van der Waals surface area contributed by atoms with Crippen LogP contribution in [0.15, 0.2) is 80.8 Å². The Balaban J connectivity index is 1.51. The lowest BCUT2D eigenvalue weighted by Gasteiger charge is -2.08. The van der Waals surface area contributed by atoms with Crippen LogP contribution in [0.4, 0.5) is 0 Å². The van der Waals surface area contributed by atoms with Gasteiger partial charge in [0, 0.05) is 16.1 Å². The predicted molar refractivity (Wildman–Crippen MR) is 125 cm³/mol. The van der Waals surface area contributed by atoms with E-state index in [4.69, 9.17) is 20.9 Å². The summed E-state index contributed by atoms with van der Waals surface area (Å²) in [6.45, 7) is 0.121. The summed E-state index contributed by atoms with van der Waals surface area (Å²) in [5.41, 5.74) is 1.53. The Morgan fingerprint density at radius 2 is 1.88 bits per heavy atom. The van der Waals surface area contributed by atoms with Crippen LogP contribution in [0, 0.1) is 0 Å². The maximum Gasteiger partial charge on any atom is 0.329 e. The Morgan fingerprint density at radius 3 is 2.70 bits per heavy atom. The molecule has 0 spiro atoms. The van der Waals surface area contributed by atoms with Crippen molar-refractivity contribution in [1.29, 1.82) is 0 Å². The topological polar surface area (TPSA) is 103 Å². The first-order valence-electron chi connectivity index (χ1n) is 10.0. The second kappa shape index (κ2) is 8.40. The fourth-order valence-electron chi connectivity index (χ4n) is 3.57. The number of nitrogens with one attached hydrogen (secondary N) is 1. The second-order valence-corrected chi connectivity index (χ2v) is 7.80. The Morgan fingerprint density at radius 1 is 1.03 bits per heavy atom. The number of benzene rings is 3. The Hall–Kier alpha value is -4.17. The van der Waals surface area contributed by atoms with E-state index in [0.717, 1.165) is 10.1 Å². The first-order chi connectivity index (χ1) is 16.0. The highest BCUT2D eigenvalue weighted by atomic mass is 35.5. The van der Waals surface area contributed by atoms with Gasteiger partial charge >= 0.3 is 5.69 Å². The molecule has 0 fully saturated rings. The van der Waals surface area contributed by atoms with Gasteiger partial charge in [0.15, 0.2) is 0 Å². The Kier molecular flexibility index (Phi) is 5.27. The quantitative estimate of drug-likeness (QED) is 0.423. The molecule has 0 radical (unpaired) electrons. The van der Waals surface area contributed by atoms with E-state index in [-0.39, 0.29) is 12.4 Å². The molecule has 0 saturated heterocycles. The molecule has 33 heavy (non-hydrogen) atoms.